The SMILES string of the molecule is CCC(CC)(OC)C(Cc1ccc(I)cc1)NN. The van der Waals surface area contributed by atoms with Gasteiger partial charge in [-0.2, -0.15) is 0 Å². The van der Waals surface area contributed by atoms with Gasteiger partial charge >= 0.3 is 0 Å². The third-order valence-electron chi connectivity index (χ3n) is 3.79. The minimum Gasteiger partial charge on any atom is -0.377 e. The lowest BCUT2D eigenvalue weighted by molar-refractivity contribution is -0.0473. The first-order valence-corrected chi connectivity index (χ1v) is 7.45. The first-order valence-electron chi connectivity index (χ1n) is 6.37. The van der Waals surface area contributed by atoms with Crippen LogP contribution in [-0.2, 0) is 11.2 Å². The van der Waals surface area contributed by atoms with Gasteiger partial charge in [0.2, 0.25) is 0 Å². The lowest BCUT2D eigenvalue weighted by Crippen LogP contribution is -2.55. The van der Waals surface area contributed by atoms with Crippen LogP contribution in [0.15, 0.2) is 24.3 Å². The maximum atomic E-state index is 5.74. The molecule has 0 fully saturated rings. The van der Waals surface area contributed by atoms with Crippen LogP contribution in [0.1, 0.15) is 32.3 Å². The first kappa shape index (κ1) is 15.9. The summed E-state index contributed by atoms with van der Waals surface area (Å²) in [5, 5.41) is 0. The van der Waals surface area contributed by atoms with Crippen LogP contribution < -0.4 is 11.3 Å². The molecule has 1 rings (SSSR count). The van der Waals surface area contributed by atoms with E-state index in [2.05, 4.69) is 66.1 Å². The van der Waals surface area contributed by atoms with Gasteiger partial charge in [0.05, 0.1) is 11.6 Å². The van der Waals surface area contributed by atoms with Gasteiger partial charge in [0.15, 0.2) is 0 Å². The van der Waals surface area contributed by atoms with E-state index in [0.717, 1.165) is 19.3 Å². The van der Waals surface area contributed by atoms with Crippen LogP contribution in [0.2, 0.25) is 0 Å². The maximum absolute atomic E-state index is 5.74. The van der Waals surface area contributed by atoms with Crippen molar-refractivity contribution in [2.24, 2.45) is 5.84 Å². The van der Waals surface area contributed by atoms with Crippen LogP contribution in [0.5, 0.6) is 0 Å². The topological polar surface area (TPSA) is 47.3 Å². The zero-order valence-corrected chi connectivity index (χ0v) is 13.5. The van der Waals surface area contributed by atoms with E-state index in [1.807, 2.05) is 0 Å². The van der Waals surface area contributed by atoms with E-state index >= 15 is 0 Å². The Balaban J connectivity index is 2.86. The van der Waals surface area contributed by atoms with Crippen molar-refractivity contribution in [1.82, 2.24) is 5.43 Å². The van der Waals surface area contributed by atoms with Crippen LogP contribution in [0, 0.1) is 3.57 Å². The van der Waals surface area contributed by atoms with Crippen LogP contribution in [0.3, 0.4) is 0 Å². The van der Waals surface area contributed by atoms with Crippen molar-refractivity contribution in [2.75, 3.05) is 7.11 Å². The van der Waals surface area contributed by atoms with Crippen LogP contribution in [0.4, 0.5) is 0 Å². The molecular weight excluding hydrogens is 339 g/mol. The second-order valence-corrected chi connectivity index (χ2v) is 5.77. The molecule has 0 aliphatic carbocycles. The van der Waals surface area contributed by atoms with Gasteiger partial charge in [-0.25, -0.2) is 0 Å². The standard InChI is InChI=1S/C14H23IN2O/c1-4-14(5-2,18-3)13(17-16)10-11-6-8-12(15)9-7-11/h6-9,13,17H,4-5,10,16H2,1-3H3. The molecule has 18 heavy (non-hydrogen) atoms. The van der Waals surface area contributed by atoms with E-state index in [1.54, 1.807) is 7.11 Å². The smallest absolute Gasteiger partial charge is 0.0842 e. The summed E-state index contributed by atoms with van der Waals surface area (Å²) in [5.74, 6) is 5.73. The van der Waals surface area contributed by atoms with Crippen molar-refractivity contribution in [1.29, 1.82) is 0 Å². The fourth-order valence-electron chi connectivity index (χ4n) is 2.43. The highest BCUT2D eigenvalue weighted by Gasteiger charge is 2.35. The second kappa shape index (κ2) is 7.43. The van der Waals surface area contributed by atoms with E-state index in [4.69, 9.17) is 10.6 Å². The van der Waals surface area contributed by atoms with Gasteiger partial charge in [0, 0.05) is 10.7 Å². The third kappa shape index (κ3) is 3.66. The Morgan fingerprint density at radius 1 is 1.28 bits per heavy atom. The number of benzene rings is 1. The highest BCUT2D eigenvalue weighted by atomic mass is 127. The van der Waals surface area contributed by atoms with Gasteiger partial charge < -0.3 is 4.74 Å². The van der Waals surface area contributed by atoms with Crippen molar-refractivity contribution in [3.63, 3.8) is 0 Å². The zero-order valence-electron chi connectivity index (χ0n) is 11.4. The molecule has 102 valence electrons. The van der Waals surface area contributed by atoms with Gasteiger partial charge in [-0.15, -0.1) is 0 Å². The summed E-state index contributed by atoms with van der Waals surface area (Å²) < 4.78 is 6.99. The van der Waals surface area contributed by atoms with Crippen molar-refractivity contribution in [3.8, 4) is 0 Å². The number of halogens is 1. The van der Waals surface area contributed by atoms with Gasteiger partial charge in [-0.1, -0.05) is 26.0 Å². The highest BCUT2D eigenvalue weighted by Crippen LogP contribution is 2.26. The zero-order chi connectivity index (χ0) is 13.6. The molecule has 0 radical (unpaired) electrons. The molecule has 1 unspecified atom stereocenters. The van der Waals surface area contributed by atoms with Gasteiger partial charge in [0.25, 0.3) is 0 Å². The molecule has 0 heterocycles. The monoisotopic (exact) mass is 362 g/mol. The summed E-state index contributed by atoms with van der Waals surface area (Å²) in [4.78, 5) is 0. The first-order chi connectivity index (χ1) is 8.61. The summed E-state index contributed by atoms with van der Waals surface area (Å²) >= 11 is 2.31. The lowest BCUT2D eigenvalue weighted by Gasteiger charge is -2.38. The summed E-state index contributed by atoms with van der Waals surface area (Å²) in [6.07, 6.45) is 2.77. The molecule has 0 amide bonds. The molecule has 0 aliphatic heterocycles. The average molecular weight is 362 g/mol. The van der Waals surface area contributed by atoms with E-state index in [1.165, 1.54) is 9.13 Å². The Morgan fingerprint density at radius 3 is 2.22 bits per heavy atom. The number of hydrazine groups is 1. The van der Waals surface area contributed by atoms with Crippen LogP contribution >= 0.6 is 22.6 Å². The molecule has 0 aromatic heterocycles. The quantitative estimate of drug-likeness (QED) is 0.446. The number of methoxy groups -OCH3 is 1. The fraction of sp³-hybridized carbons (Fsp3) is 0.571. The summed E-state index contributed by atoms with van der Waals surface area (Å²) in [5.41, 5.74) is 4.01. The number of hydrogen-bond acceptors (Lipinski definition) is 3. The summed E-state index contributed by atoms with van der Waals surface area (Å²) in [6, 6.07) is 8.67. The Morgan fingerprint density at radius 2 is 1.83 bits per heavy atom. The van der Waals surface area contributed by atoms with Crippen molar-refractivity contribution >= 4 is 22.6 Å². The molecule has 1 atom stereocenters. The largest absolute Gasteiger partial charge is 0.377 e. The van der Waals surface area contributed by atoms with E-state index < -0.39 is 0 Å². The molecule has 3 N–H and O–H groups in total. The van der Waals surface area contributed by atoms with Gasteiger partial charge in [-0.05, 0) is 59.5 Å². The van der Waals surface area contributed by atoms with E-state index in [9.17, 15) is 0 Å². The number of rotatable bonds is 7. The molecule has 1 aromatic rings. The Bertz CT molecular complexity index is 341. The molecule has 3 nitrogen and oxygen atoms in total. The number of hydrogen-bond donors (Lipinski definition) is 2. The summed E-state index contributed by atoms with van der Waals surface area (Å²) in [6.45, 7) is 4.29. The second-order valence-electron chi connectivity index (χ2n) is 4.53. The molecule has 0 spiro atoms. The Hall–Kier alpha value is -0.170. The number of ether oxygens (including phenoxy) is 1. The average Bonchev–Trinajstić information content (AvgIpc) is 2.42. The predicted molar refractivity (Wildman–Crippen MR) is 84.3 cm³/mol. The van der Waals surface area contributed by atoms with Crippen LogP contribution in [-0.4, -0.2) is 18.8 Å². The molecule has 0 saturated heterocycles. The number of nitrogens with two attached hydrogens (primary N) is 1. The van der Waals surface area contributed by atoms with E-state index in [-0.39, 0.29) is 11.6 Å². The third-order valence-corrected chi connectivity index (χ3v) is 4.51. The molecule has 0 aliphatic rings. The predicted octanol–water partition coefficient (Wildman–Crippen LogP) is 2.87. The molecule has 1 aromatic carbocycles. The van der Waals surface area contributed by atoms with Gasteiger partial charge in [0.1, 0.15) is 0 Å². The Labute approximate surface area is 124 Å². The fourth-order valence-corrected chi connectivity index (χ4v) is 2.79. The van der Waals surface area contributed by atoms with E-state index in [0.29, 0.717) is 0 Å². The summed E-state index contributed by atoms with van der Waals surface area (Å²) in [7, 11) is 1.77. The normalized spacial score (nSPS) is 13.6. The molecular formula is C14H23IN2O. The van der Waals surface area contributed by atoms with Gasteiger partial charge in [-0.3, -0.25) is 11.3 Å². The molecule has 0 saturated carbocycles. The lowest BCUT2D eigenvalue weighted by atomic mass is 9.85. The minimum atomic E-state index is -0.197. The Kier molecular flexibility index (Phi) is 6.55. The minimum absolute atomic E-state index is 0.123. The highest BCUT2D eigenvalue weighted by molar-refractivity contribution is 14.1. The maximum Gasteiger partial charge on any atom is 0.0842 e. The molecule has 0 bridgehead atoms. The molecule has 4 heteroatoms. The number of nitrogens with one attached hydrogen (secondary N) is 1. The van der Waals surface area contributed by atoms with Crippen LogP contribution in [0.25, 0.3) is 0 Å². The van der Waals surface area contributed by atoms with Crippen molar-refractivity contribution in [3.05, 3.63) is 33.4 Å². The van der Waals surface area contributed by atoms with Crippen molar-refractivity contribution in [2.45, 2.75) is 44.8 Å². The van der Waals surface area contributed by atoms with Crippen molar-refractivity contribution < 1.29 is 4.74 Å².